The molecule has 1 amide bonds. The van der Waals surface area contributed by atoms with Gasteiger partial charge in [0, 0.05) is 16.4 Å². The summed E-state index contributed by atoms with van der Waals surface area (Å²) >= 11 is 3.48. The first-order valence-electron chi connectivity index (χ1n) is 7.58. The zero-order chi connectivity index (χ0) is 17.6. The minimum atomic E-state index is -0.228. The lowest BCUT2D eigenvalue weighted by atomic mass is 10.2. The molecule has 1 aromatic heterocycles. The molecule has 2 aromatic carbocycles. The van der Waals surface area contributed by atoms with Gasteiger partial charge in [0.05, 0.1) is 30.2 Å². The number of carbonyl (C=O) groups is 1. The Bertz CT molecular complexity index is 882. The van der Waals surface area contributed by atoms with E-state index >= 15 is 0 Å². The lowest BCUT2D eigenvalue weighted by Crippen LogP contribution is -2.12. The van der Waals surface area contributed by atoms with Crippen LogP contribution in [0.15, 0.2) is 71.5 Å². The van der Waals surface area contributed by atoms with Crippen molar-refractivity contribution in [1.29, 1.82) is 0 Å². The first-order valence-corrected chi connectivity index (χ1v) is 8.37. The molecule has 0 bridgehead atoms. The van der Waals surface area contributed by atoms with Gasteiger partial charge < -0.3 is 15.4 Å². The third-order valence-electron chi connectivity index (χ3n) is 3.50. The van der Waals surface area contributed by atoms with Gasteiger partial charge in [0.1, 0.15) is 5.75 Å². The predicted molar refractivity (Wildman–Crippen MR) is 103 cm³/mol. The number of methoxy groups -OCH3 is 1. The number of halogens is 1. The lowest BCUT2D eigenvalue weighted by Gasteiger charge is -2.10. The number of anilines is 3. The number of amides is 1. The van der Waals surface area contributed by atoms with Gasteiger partial charge in [-0.1, -0.05) is 12.1 Å². The molecule has 2 N–H and O–H groups in total. The van der Waals surface area contributed by atoms with Crippen LogP contribution in [0, 0.1) is 0 Å². The number of rotatable bonds is 5. The summed E-state index contributed by atoms with van der Waals surface area (Å²) in [5, 5.41) is 6.08. The van der Waals surface area contributed by atoms with E-state index in [9.17, 15) is 4.79 Å². The molecule has 25 heavy (non-hydrogen) atoms. The van der Waals surface area contributed by atoms with E-state index in [1.165, 1.54) is 6.20 Å². The van der Waals surface area contributed by atoms with Crippen LogP contribution in [0.5, 0.6) is 5.75 Å². The maximum absolute atomic E-state index is 12.4. The Morgan fingerprint density at radius 1 is 1.04 bits per heavy atom. The molecule has 0 saturated carbocycles. The number of nitrogens with zero attached hydrogens (tertiary/aromatic N) is 1. The number of para-hydroxylation sites is 1. The predicted octanol–water partition coefficient (Wildman–Crippen LogP) is 4.85. The van der Waals surface area contributed by atoms with E-state index in [1.54, 1.807) is 43.6 Å². The van der Waals surface area contributed by atoms with E-state index < -0.39 is 0 Å². The summed E-state index contributed by atoms with van der Waals surface area (Å²) in [4.78, 5) is 16.6. The Morgan fingerprint density at radius 3 is 2.52 bits per heavy atom. The number of benzene rings is 2. The Balaban J connectivity index is 1.74. The van der Waals surface area contributed by atoms with Crippen molar-refractivity contribution < 1.29 is 9.53 Å². The average molecular weight is 398 g/mol. The molecular formula is C19H16BrN3O2. The molecule has 0 saturated heterocycles. The average Bonchev–Trinajstić information content (AvgIpc) is 2.64. The minimum Gasteiger partial charge on any atom is -0.497 e. The molecule has 0 aliphatic carbocycles. The summed E-state index contributed by atoms with van der Waals surface area (Å²) in [5.41, 5.74) is 2.79. The van der Waals surface area contributed by atoms with E-state index in [4.69, 9.17) is 4.74 Å². The standard InChI is InChI=1S/C19H16BrN3O2/c1-25-16-8-6-14(7-9-16)23-19(24)13-10-15(12-21-11-13)22-18-5-3-2-4-17(18)20/h2-12,22H,1H3,(H,23,24). The van der Waals surface area contributed by atoms with Crippen molar-refractivity contribution in [1.82, 2.24) is 4.98 Å². The fraction of sp³-hybridized carbons (Fsp3) is 0.0526. The van der Waals surface area contributed by atoms with Crippen LogP contribution in [0.25, 0.3) is 0 Å². The van der Waals surface area contributed by atoms with Gasteiger partial charge in [0.25, 0.3) is 5.91 Å². The highest BCUT2D eigenvalue weighted by Gasteiger charge is 2.08. The number of aromatic nitrogens is 1. The highest BCUT2D eigenvalue weighted by molar-refractivity contribution is 9.10. The number of pyridine rings is 1. The van der Waals surface area contributed by atoms with Crippen LogP contribution in [0.2, 0.25) is 0 Å². The fourth-order valence-electron chi connectivity index (χ4n) is 2.23. The normalized spacial score (nSPS) is 10.2. The van der Waals surface area contributed by atoms with Crippen molar-refractivity contribution in [3.63, 3.8) is 0 Å². The van der Waals surface area contributed by atoms with E-state index in [2.05, 4.69) is 31.5 Å². The van der Waals surface area contributed by atoms with E-state index in [0.29, 0.717) is 11.3 Å². The molecule has 3 aromatic rings. The quantitative estimate of drug-likeness (QED) is 0.645. The molecule has 5 nitrogen and oxygen atoms in total. The molecule has 0 atom stereocenters. The summed E-state index contributed by atoms with van der Waals surface area (Å²) in [6.45, 7) is 0. The first kappa shape index (κ1) is 17.0. The third-order valence-corrected chi connectivity index (χ3v) is 4.19. The Kier molecular flexibility index (Phi) is 5.30. The molecule has 0 radical (unpaired) electrons. The monoisotopic (exact) mass is 397 g/mol. The summed E-state index contributed by atoms with van der Waals surface area (Å²) < 4.78 is 6.04. The van der Waals surface area contributed by atoms with Gasteiger partial charge >= 0.3 is 0 Å². The lowest BCUT2D eigenvalue weighted by molar-refractivity contribution is 0.102. The van der Waals surface area contributed by atoms with Gasteiger partial charge in [-0.3, -0.25) is 9.78 Å². The van der Waals surface area contributed by atoms with Crippen molar-refractivity contribution in [2.24, 2.45) is 0 Å². The number of ether oxygens (including phenoxy) is 1. The van der Waals surface area contributed by atoms with E-state index in [1.807, 2.05) is 24.3 Å². The van der Waals surface area contributed by atoms with Crippen LogP contribution in [0.3, 0.4) is 0 Å². The van der Waals surface area contributed by atoms with Crippen molar-refractivity contribution in [3.8, 4) is 5.75 Å². The SMILES string of the molecule is COc1ccc(NC(=O)c2cncc(Nc3ccccc3Br)c2)cc1. The molecule has 0 aliphatic heterocycles. The highest BCUT2D eigenvalue weighted by atomic mass is 79.9. The summed E-state index contributed by atoms with van der Waals surface area (Å²) in [6.07, 6.45) is 3.20. The van der Waals surface area contributed by atoms with Crippen LogP contribution < -0.4 is 15.4 Å². The van der Waals surface area contributed by atoms with Crippen LogP contribution in [0.4, 0.5) is 17.1 Å². The largest absolute Gasteiger partial charge is 0.497 e. The van der Waals surface area contributed by atoms with Gasteiger partial charge in [0.15, 0.2) is 0 Å². The molecule has 0 spiro atoms. The van der Waals surface area contributed by atoms with Crippen molar-refractivity contribution in [2.45, 2.75) is 0 Å². The molecule has 126 valence electrons. The molecule has 3 rings (SSSR count). The number of hydrogen-bond donors (Lipinski definition) is 2. The van der Waals surface area contributed by atoms with E-state index in [-0.39, 0.29) is 5.91 Å². The second kappa shape index (κ2) is 7.81. The minimum absolute atomic E-state index is 0.228. The Morgan fingerprint density at radius 2 is 1.80 bits per heavy atom. The zero-order valence-corrected chi connectivity index (χ0v) is 15.1. The maximum Gasteiger partial charge on any atom is 0.257 e. The summed E-state index contributed by atoms with van der Waals surface area (Å²) in [7, 11) is 1.60. The molecule has 0 aliphatic rings. The van der Waals surface area contributed by atoms with Gasteiger partial charge in [-0.25, -0.2) is 0 Å². The van der Waals surface area contributed by atoms with Gasteiger partial charge in [-0.05, 0) is 58.4 Å². The van der Waals surface area contributed by atoms with Crippen LogP contribution in [-0.4, -0.2) is 18.0 Å². The van der Waals surface area contributed by atoms with Crippen molar-refractivity contribution in [2.75, 3.05) is 17.7 Å². The molecule has 0 unspecified atom stereocenters. The van der Waals surface area contributed by atoms with Gasteiger partial charge in [-0.2, -0.15) is 0 Å². The highest BCUT2D eigenvalue weighted by Crippen LogP contribution is 2.25. The van der Waals surface area contributed by atoms with Crippen molar-refractivity contribution in [3.05, 3.63) is 77.0 Å². The van der Waals surface area contributed by atoms with E-state index in [0.717, 1.165) is 21.6 Å². The molecule has 6 heteroatoms. The first-order chi connectivity index (χ1) is 12.2. The fourth-order valence-corrected chi connectivity index (χ4v) is 2.61. The Hall–Kier alpha value is -2.86. The maximum atomic E-state index is 12.4. The van der Waals surface area contributed by atoms with Gasteiger partial charge in [0.2, 0.25) is 0 Å². The molecular weight excluding hydrogens is 382 g/mol. The molecule has 0 fully saturated rings. The summed E-state index contributed by atoms with van der Waals surface area (Å²) in [5.74, 6) is 0.507. The van der Waals surface area contributed by atoms with Gasteiger partial charge in [-0.15, -0.1) is 0 Å². The second-order valence-corrected chi connectivity index (χ2v) is 6.10. The zero-order valence-electron chi connectivity index (χ0n) is 13.5. The van der Waals surface area contributed by atoms with Crippen LogP contribution >= 0.6 is 15.9 Å². The number of hydrogen-bond acceptors (Lipinski definition) is 4. The summed E-state index contributed by atoms with van der Waals surface area (Å²) in [6, 6.07) is 16.7. The topological polar surface area (TPSA) is 63.2 Å². The second-order valence-electron chi connectivity index (χ2n) is 5.25. The van der Waals surface area contributed by atoms with Crippen LogP contribution in [-0.2, 0) is 0 Å². The van der Waals surface area contributed by atoms with Crippen LogP contribution in [0.1, 0.15) is 10.4 Å². The number of carbonyl (C=O) groups excluding carboxylic acids is 1. The Labute approximate surface area is 154 Å². The number of nitrogens with one attached hydrogen (secondary N) is 2. The van der Waals surface area contributed by atoms with Crippen molar-refractivity contribution >= 4 is 38.9 Å². The molecule has 1 heterocycles. The smallest absolute Gasteiger partial charge is 0.257 e. The third kappa shape index (κ3) is 4.36.